The lowest BCUT2D eigenvalue weighted by Gasteiger charge is -2.11. The van der Waals surface area contributed by atoms with Crippen molar-refractivity contribution in [2.24, 2.45) is 0 Å². The van der Waals surface area contributed by atoms with Gasteiger partial charge in [-0.15, -0.1) is 0 Å². The minimum atomic E-state index is -0.701. The van der Waals surface area contributed by atoms with Gasteiger partial charge in [0.2, 0.25) is 0 Å². The maximum absolute atomic E-state index is 10.5. The fourth-order valence-corrected chi connectivity index (χ4v) is 1.68. The molecular weight excluding hydrogens is 248 g/mol. The smallest absolute Gasteiger partial charge is 0.269 e. The van der Waals surface area contributed by atoms with Crippen LogP contribution in [0.2, 0.25) is 0 Å². The third-order valence-electron chi connectivity index (χ3n) is 2.74. The van der Waals surface area contributed by atoms with Crippen LogP contribution in [0.3, 0.4) is 0 Å². The van der Waals surface area contributed by atoms with Gasteiger partial charge in [0.25, 0.3) is 5.69 Å². The van der Waals surface area contributed by atoms with Crippen molar-refractivity contribution >= 4 is 5.69 Å². The van der Waals surface area contributed by atoms with Crippen LogP contribution in [0.15, 0.2) is 47.3 Å². The molecule has 0 radical (unpaired) electrons. The van der Waals surface area contributed by atoms with Crippen LogP contribution in [-0.2, 0) is 6.54 Å². The minimum Gasteiger partial charge on any atom is -0.472 e. The Labute approximate surface area is 109 Å². The number of rotatable bonds is 6. The second kappa shape index (κ2) is 6.12. The molecule has 1 aromatic heterocycles. The third kappa shape index (κ3) is 3.64. The highest BCUT2D eigenvalue weighted by Gasteiger charge is 2.10. The molecule has 0 bridgehead atoms. The van der Waals surface area contributed by atoms with Crippen molar-refractivity contribution < 1.29 is 14.4 Å². The molecule has 0 aliphatic rings. The van der Waals surface area contributed by atoms with Crippen molar-refractivity contribution in [3.63, 3.8) is 0 Å². The zero-order valence-corrected chi connectivity index (χ0v) is 10.2. The number of non-ortho nitro benzene ring substituents is 1. The quantitative estimate of drug-likeness (QED) is 0.614. The van der Waals surface area contributed by atoms with Gasteiger partial charge in [-0.2, -0.15) is 0 Å². The van der Waals surface area contributed by atoms with E-state index in [0.717, 1.165) is 5.56 Å². The summed E-state index contributed by atoms with van der Waals surface area (Å²) < 4.78 is 4.93. The number of aliphatic hydroxyl groups is 1. The summed E-state index contributed by atoms with van der Waals surface area (Å²) in [5.74, 6) is 0. The monoisotopic (exact) mass is 262 g/mol. The zero-order chi connectivity index (χ0) is 13.7. The Morgan fingerprint density at radius 1 is 1.32 bits per heavy atom. The SMILES string of the molecule is O=[N+]([O-])c1ccc(C(O)CNCc2ccoc2)cc1. The van der Waals surface area contributed by atoms with Crippen LogP contribution in [-0.4, -0.2) is 16.6 Å². The summed E-state index contributed by atoms with van der Waals surface area (Å²) in [4.78, 5) is 10.0. The predicted molar refractivity (Wildman–Crippen MR) is 68.5 cm³/mol. The third-order valence-corrected chi connectivity index (χ3v) is 2.74. The van der Waals surface area contributed by atoms with E-state index in [1.54, 1.807) is 24.7 Å². The van der Waals surface area contributed by atoms with E-state index in [0.29, 0.717) is 18.7 Å². The number of benzene rings is 1. The molecule has 6 nitrogen and oxygen atoms in total. The molecule has 0 aliphatic carbocycles. The molecule has 0 aliphatic heterocycles. The average molecular weight is 262 g/mol. The van der Waals surface area contributed by atoms with E-state index in [1.807, 2.05) is 6.07 Å². The van der Waals surface area contributed by atoms with Crippen LogP contribution in [0.1, 0.15) is 17.2 Å². The van der Waals surface area contributed by atoms with E-state index in [9.17, 15) is 15.2 Å². The van der Waals surface area contributed by atoms with Gasteiger partial charge in [0.15, 0.2) is 0 Å². The predicted octanol–water partition coefficient (Wildman–Crippen LogP) is 2.01. The zero-order valence-electron chi connectivity index (χ0n) is 10.2. The highest BCUT2D eigenvalue weighted by Crippen LogP contribution is 2.17. The maximum Gasteiger partial charge on any atom is 0.269 e. The first-order valence-electron chi connectivity index (χ1n) is 5.81. The van der Waals surface area contributed by atoms with Gasteiger partial charge in [-0.25, -0.2) is 0 Å². The lowest BCUT2D eigenvalue weighted by molar-refractivity contribution is -0.384. The molecule has 1 unspecified atom stereocenters. The number of nitrogens with one attached hydrogen (secondary N) is 1. The molecule has 2 N–H and O–H groups in total. The van der Waals surface area contributed by atoms with Crippen molar-refractivity contribution in [2.75, 3.05) is 6.54 Å². The maximum atomic E-state index is 10.5. The molecule has 19 heavy (non-hydrogen) atoms. The second-order valence-corrected chi connectivity index (χ2v) is 4.13. The van der Waals surface area contributed by atoms with Crippen molar-refractivity contribution in [3.05, 3.63) is 64.1 Å². The molecule has 0 amide bonds. The van der Waals surface area contributed by atoms with Crippen LogP contribution in [0.25, 0.3) is 0 Å². The largest absolute Gasteiger partial charge is 0.472 e. The first-order chi connectivity index (χ1) is 9.16. The van der Waals surface area contributed by atoms with Crippen molar-refractivity contribution in [3.8, 4) is 0 Å². The number of hydrogen-bond acceptors (Lipinski definition) is 5. The van der Waals surface area contributed by atoms with Crippen LogP contribution in [0.5, 0.6) is 0 Å². The van der Waals surface area contributed by atoms with Gasteiger partial charge in [0.05, 0.1) is 23.6 Å². The lowest BCUT2D eigenvalue weighted by Crippen LogP contribution is -2.20. The highest BCUT2D eigenvalue weighted by atomic mass is 16.6. The van der Waals surface area contributed by atoms with Gasteiger partial charge in [-0.1, -0.05) is 0 Å². The van der Waals surface area contributed by atoms with Gasteiger partial charge in [0.1, 0.15) is 0 Å². The average Bonchev–Trinajstić information content (AvgIpc) is 2.92. The molecular formula is C13H14N2O4. The molecule has 2 rings (SSSR count). The summed E-state index contributed by atoms with van der Waals surface area (Å²) in [5.41, 5.74) is 1.66. The molecule has 0 spiro atoms. The molecule has 6 heteroatoms. The fraction of sp³-hybridized carbons (Fsp3) is 0.231. The van der Waals surface area contributed by atoms with Gasteiger partial charge in [-0.05, 0) is 23.8 Å². The lowest BCUT2D eigenvalue weighted by atomic mass is 10.1. The Morgan fingerprint density at radius 3 is 2.63 bits per heavy atom. The van der Waals surface area contributed by atoms with E-state index >= 15 is 0 Å². The van der Waals surface area contributed by atoms with E-state index in [4.69, 9.17) is 4.42 Å². The molecule has 1 heterocycles. The second-order valence-electron chi connectivity index (χ2n) is 4.13. The normalized spacial score (nSPS) is 12.3. The van der Waals surface area contributed by atoms with Gasteiger partial charge in [-0.3, -0.25) is 10.1 Å². The summed E-state index contributed by atoms with van der Waals surface area (Å²) >= 11 is 0. The molecule has 0 fully saturated rings. The van der Waals surface area contributed by atoms with E-state index in [2.05, 4.69) is 5.32 Å². The standard InChI is InChI=1S/C13H14N2O4/c16-13(8-14-7-10-5-6-19-9-10)11-1-3-12(4-2-11)15(17)18/h1-6,9,13-14,16H,7-8H2. The van der Waals surface area contributed by atoms with E-state index in [-0.39, 0.29) is 5.69 Å². The molecule has 2 aromatic rings. The van der Waals surface area contributed by atoms with Crippen LogP contribution < -0.4 is 5.32 Å². The van der Waals surface area contributed by atoms with Crippen LogP contribution in [0, 0.1) is 10.1 Å². The Kier molecular flexibility index (Phi) is 4.27. The molecule has 0 saturated carbocycles. The fourth-order valence-electron chi connectivity index (χ4n) is 1.68. The molecule has 1 atom stereocenters. The van der Waals surface area contributed by atoms with Crippen molar-refractivity contribution in [1.82, 2.24) is 5.32 Å². The molecule has 100 valence electrons. The van der Waals surface area contributed by atoms with Gasteiger partial charge in [0, 0.05) is 30.8 Å². The number of hydrogen-bond donors (Lipinski definition) is 2. The first-order valence-corrected chi connectivity index (χ1v) is 5.81. The summed E-state index contributed by atoms with van der Waals surface area (Å²) in [6.45, 7) is 0.962. The molecule has 0 saturated heterocycles. The number of furan rings is 1. The topological polar surface area (TPSA) is 88.5 Å². The highest BCUT2D eigenvalue weighted by molar-refractivity contribution is 5.33. The van der Waals surface area contributed by atoms with Crippen LogP contribution in [0.4, 0.5) is 5.69 Å². The number of nitrogens with zero attached hydrogens (tertiary/aromatic N) is 1. The Bertz CT molecular complexity index is 522. The molecule has 1 aromatic carbocycles. The summed E-state index contributed by atoms with van der Waals surface area (Å²) in [6.07, 6.45) is 2.52. The van der Waals surface area contributed by atoms with Crippen molar-refractivity contribution in [1.29, 1.82) is 0 Å². The Balaban J connectivity index is 1.85. The Hall–Kier alpha value is -2.18. The first kappa shape index (κ1) is 13.3. The number of nitro benzene ring substituents is 1. The number of nitro groups is 1. The van der Waals surface area contributed by atoms with E-state index in [1.165, 1.54) is 12.1 Å². The minimum absolute atomic E-state index is 0.0160. The van der Waals surface area contributed by atoms with Gasteiger partial charge >= 0.3 is 0 Å². The van der Waals surface area contributed by atoms with Crippen LogP contribution >= 0.6 is 0 Å². The Morgan fingerprint density at radius 2 is 2.05 bits per heavy atom. The summed E-state index contributed by atoms with van der Waals surface area (Å²) in [7, 11) is 0. The number of aliphatic hydroxyl groups excluding tert-OH is 1. The van der Waals surface area contributed by atoms with E-state index < -0.39 is 11.0 Å². The summed E-state index contributed by atoms with van der Waals surface area (Å²) in [5, 5.41) is 23.5. The van der Waals surface area contributed by atoms with Gasteiger partial charge < -0.3 is 14.8 Å². The summed E-state index contributed by atoms with van der Waals surface area (Å²) in [6, 6.07) is 7.72. The van der Waals surface area contributed by atoms with Crippen molar-refractivity contribution in [2.45, 2.75) is 12.6 Å².